The summed E-state index contributed by atoms with van der Waals surface area (Å²) in [6.07, 6.45) is 0. The molecule has 0 aromatic heterocycles. The molecule has 1 heterocycles. The van der Waals surface area contributed by atoms with E-state index in [1.807, 2.05) is 0 Å². The molecule has 0 amide bonds. The standard InChI is InChI=1S/C13H18N2O4S/c1-10-9-14(11(10)2)7-8-20(18,19)13-5-3-12(4-6-13)15(16)17/h3-6,10-11H,7-9H2,1-2H3/t10-,11+/m1/s1. The van der Waals surface area contributed by atoms with Crippen LogP contribution in [0.3, 0.4) is 0 Å². The number of hydrogen-bond donors (Lipinski definition) is 0. The van der Waals surface area contributed by atoms with Crippen molar-refractivity contribution in [3.63, 3.8) is 0 Å². The Kier molecular flexibility index (Phi) is 4.10. The topological polar surface area (TPSA) is 80.5 Å². The lowest BCUT2D eigenvalue weighted by Gasteiger charge is -2.44. The number of nitro groups is 1. The molecule has 1 aliphatic rings. The Morgan fingerprint density at radius 2 is 1.90 bits per heavy atom. The first-order valence-corrected chi connectivity index (χ1v) is 8.18. The molecule has 0 unspecified atom stereocenters. The fourth-order valence-electron chi connectivity index (χ4n) is 2.34. The van der Waals surface area contributed by atoms with Gasteiger partial charge in [0.2, 0.25) is 0 Å². The number of likely N-dealkylation sites (tertiary alicyclic amines) is 1. The molecule has 1 aliphatic heterocycles. The van der Waals surface area contributed by atoms with Crippen LogP contribution in [-0.2, 0) is 9.84 Å². The summed E-state index contributed by atoms with van der Waals surface area (Å²) in [5, 5.41) is 10.5. The maximum Gasteiger partial charge on any atom is 0.269 e. The van der Waals surface area contributed by atoms with Crippen molar-refractivity contribution in [3.8, 4) is 0 Å². The van der Waals surface area contributed by atoms with Gasteiger partial charge >= 0.3 is 0 Å². The third kappa shape index (κ3) is 2.99. The molecule has 1 saturated heterocycles. The second-order valence-electron chi connectivity index (χ2n) is 5.28. The Bertz CT molecular complexity index is 597. The van der Waals surface area contributed by atoms with E-state index >= 15 is 0 Å². The lowest BCUT2D eigenvalue weighted by molar-refractivity contribution is -0.384. The molecule has 0 bridgehead atoms. The van der Waals surface area contributed by atoms with E-state index in [2.05, 4.69) is 18.7 Å². The van der Waals surface area contributed by atoms with Gasteiger partial charge in [0.15, 0.2) is 9.84 Å². The van der Waals surface area contributed by atoms with Gasteiger partial charge < -0.3 is 0 Å². The molecule has 0 N–H and O–H groups in total. The smallest absolute Gasteiger partial charge is 0.269 e. The Morgan fingerprint density at radius 1 is 1.30 bits per heavy atom. The van der Waals surface area contributed by atoms with Gasteiger partial charge in [0.1, 0.15) is 0 Å². The fourth-order valence-corrected chi connectivity index (χ4v) is 3.60. The molecule has 110 valence electrons. The molecule has 20 heavy (non-hydrogen) atoms. The van der Waals surface area contributed by atoms with E-state index in [1.165, 1.54) is 24.3 Å². The van der Waals surface area contributed by atoms with E-state index in [9.17, 15) is 18.5 Å². The molecule has 0 saturated carbocycles. The first-order chi connectivity index (χ1) is 9.31. The van der Waals surface area contributed by atoms with Gasteiger partial charge in [-0.1, -0.05) is 6.92 Å². The van der Waals surface area contributed by atoms with E-state index < -0.39 is 14.8 Å². The first kappa shape index (κ1) is 14.9. The minimum absolute atomic E-state index is 0.0435. The van der Waals surface area contributed by atoms with Crippen LogP contribution in [0.1, 0.15) is 13.8 Å². The molecule has 1 fully saturated rings. The number of nitrogens with zero attached hydrogens (tertiary/aromatic N) is 2. The summed E-state index contributed by atoms with van der Waals surface area (Å²) >= 11 is 0. The van der Waals surface area contributed by atoms with Crippen molar-refractivity contribution in [1.29, 1.82) is 0 Å². The summed E-state index contributed by atoms with van der Waals surface area (Å²) in [5.41, 5.74) is -0.103. The Labute approximate surface area is 118 Å². The Balaban J connectivity index is 2.01. The van der Waals surface area contributed by atoms with Crippen molar-refractivity contribution in [2.75, 3.05) is 18.8 Å². The highest BCUT2D eigenvalue weighted by Crippen LogP contribution is 2.24. The van der Waals surface area contributed by atoms with Gasteiger partial charge in [-0.3, -0.25) is 15.0 Å². The summed E-state index contributed by atoms with van der Waals surface area (Å²) in [4.78, 5) is 12.3. The maximum atomic E-state index is 12.1. The van der Waals surface area contributed by atoms with Crippen molar-refractivity contribution >= 4 is 15.5 Å². The number of nitro benzene ring substituents is 1. The van der Waals surface area contributed by atoms with Crippen molar-refractivity contribution in [1.82, 2.24) is 4.90 Å². The van der Waals surface area contributed by atoms with Gasteiger partial charge in [0, 0.05) is 31.3 Å². The molecule has 0 aliphatic carbocycles. The number of sulfone groups is 1. The van der Waals surface area contributed by atoms with Crippen molar-refractivity contribution in [2.24, 2.45) is 5.92 Å². The van der Waals surface area contributed by atoms with Crippen LogP contribution >= 0.6 is 0 Å². The predicted octanol–water partition coefficient (Wildman–Crippen LogP) is 1.71. The second kappa shape index (κ2) is 5.49. The van der Waals surface area contributed by atoms with Crippen LogP contribution in [0.5, 0.6) is 0 Å². The Morgan fingerprint density at radius 3 is 2.35 bits per heavy atom. The highest BCUT2D eigenvalue weighted by molar-refractivity contribution is 7.91. The van der Waals surface area contributed by atoms with Crippen LogP contribution < -0.4 is 0 Å². The SMILES string of the molecule is C[C@@H]1CN(CCS(=O)(=O)c2ccc([N+](=O)[O-])cc2)[C@H]1C. The summed E-state index contributed by atoms with van der Waals surface area (Å²) in [5.74, 6) is 0.652. The Hall–Kier alpha value is -1.47. The van der Waals surface area contributed by atoms with Crippen LogP contribution in [-0.4, -0.2) is 43.1 Å². The molecule has 1 aromatic rings. The van der Waals surface area contributed by atoms with Crippen molar-refractivity contribution < 1.29 is 13.3 Å². The average molecular weight is 298 g/mol. The van der Waals surface area contributed by atoms with Crippen LogP contribution in [0.4, 0.5) is 5.69 Å². The highest BCUT2D eigenvalue weighted by Gasteiger charge is 2.32. The molecule has 0 radical (unpaired) electrons. The molecule has 6 nitrogen and oxygen atoms in total. The lowest BCUT2D eigenvalue weighted by Crippen LogP contribution is -2.54. The summed E-state index contributed by atoms with van der Waals surface area (Å²) in [6, 6.07) is 5.47. The predicted molar refractivity (Wildman–Crippen MR) is 75.3 cm³/mol. The summed E-state index contributed by atoms with van der Waals surface area (Å²) in [7, 11) is -3.38. The minimum atomic E-state index is -3.38. The van der Waals surface area contributed by atoms with E-state index in [1.54, 1.807) is 0 Å². The zero-order valence-corrected chi connectivity index (χ0v) is 12.3. The van der Waals surface area contributed by atoms with Gasteiger partial charge in [0.05, 0.1) is 15.6 Å². The van der Waals surface area contributed by atoms with E-state index in [4.69, 9.17) is 0 Å². The molecular weight excluding hydrogens is 280 g/mol. The van der Waals surface area contributed by atoms with Gasteiger partial charge in [0.25, 0.3) is 5.69 Å². The largest absolute Gasteiger partial charge is 0.299 e. The minimum Gasteiger partial charge on any atom is -0.299 e. The van der Waals surface area contributed by atoms with Gasteiger partial charge in [-0.05, 0) is 25.0 Å². The molecular formula is C13H18N2O4S. The molecule has 0 spiro atoms. The third-order valence-electron chi connectivity index (χ3n) is 3.98. The van der Waals surface area contributed by atoms with Crippen LogP contribution in [0.15, 0.2) is 29.2 Å². The quantitative estimate of drug-likeness (QED) is 0.610. The first-order valence-electron chi connectivity index (χ1n) is 6.52. The molecule has 2 atom stereocenters. The lowest BCUT2D eigenvalue weighted by atomic mass is 9.92. The number of rotatable bonds is 5. The van der Waals surface area contributed by atoms with Gasteiger partial charge in [-0.2, -0.15) is 0 Å². The van der Waals surface area contributed by atoms with Crippen LogP contribution in [0.2, 0.25) is 0 Å². The zero-order valence-electron chi connectivity index (χ0n) is 11.5. The number of benzene rings is 1. The molecule has 2 rings (SSSR count). The molecule has 7 heteroatoms. The normalized spacial score (nSPS) is 23.3. The van der Waals surface area contributed by atoms with Gasteiger partial charge in [-0.15, -0.1) is 0 Å². The van der Waals surface area contributed by atoms with Crippen molar-refractivity contribution in [2.45, 2.75) is 24.8 Å². The van der Waals surface area contributed by atoms with E-state index in [0.717, 1.165) is 6.54 Å². The maximum absolute atomic E-state index is 12.1. The second-order valence-corrected chi connectivity index (χ2v) is 7.39. The zero-order chi connectivity index (χ0) is 14.9. The van der Waals surface area contributed by atoms with Gasteiger partial charge in [-0.25, -0.2) is 8.42 Å². The fraction of sp³-hybridized carbons (Fsp3) is 0.538. The van der Waals surface area contributed by atoms with E-state index in [-0.39, 0.29) is 16.3 Å². The molecule has 1 aromatic carbocycles. The van der Waals surface area contributed by atoms with E-state index in [0.29, 0.717) is 18.5 Å². The monoisotopic (exact) mass is 298 g/mol. The number of non-ortho nitro benzene ring substituents is 1. The third-order valence-corrected chi connectivity index (χ3v) is 5.69. The van der Waals surface area contributed by atoms with Crippen LogP contribution in [0, 0.1) is 16.0 Å². The van der Waals surface area contributed by atoms with Crippen LogP contribution in [0.25, 0.3) is 0 Å². The summed E-state index contributed by atoms with van der Waals surface area (Å²) < 4.78 is 24.3. The summed E-state index contributed by atoms with van der Waals surface area (Å²) in [6.45, 7) is 5.67. The average Bonchev–Trinajstić information content (AvgIpc) is 2.43. The highest BCUT2D eigenvalue weighted by atomic mass is 32.2. The number of hydrogen-bond acceptors (Lipinski definition) is 5. The van der Waals surface area contributed by atoms with Crippen molar-refractivity contribution in [3.05, 3.63) is 34.4 Å².